The Hall–Kier alpha value is -3.42. The van der Waals surface area contributed by atoms with Crippen LogP contribution in [0.3, 0.4) is 0 Å². The summed E-state index contributed by atoms with van der Waals surface area (Å²) in [5, 5.41) is 13.3. The largest absolute Gasteiger partial charge is 0.451 e. The van der Waals surface area contributed by atoms with Gasteiger partial charge in [0.2, 0.25) is 0 Å². The van der Waals surface area contributed by atoms with Gasteiger partial charge in [0.05, 0.1) is 0 Å². The molecule has 0 bridgehead atoms. The van der Waals surface area contributed by atoms with E-state index in [9.17, 15) is 9.59 Å². The van der Waals surface area contributed by atoms with Gasteiger partial charge in [-0.25, -0.2) is 0 Å². The highest BCUT2D eigenvalue weighted by molar-refractivity contribution is 5.95. The van der Waals surface area contributed by atoms with Crippen LogP contribution >= 0.6 is 0 Å². The maximum absolute atomic E-state index is 12.4. The van der Waals surface area contributed by atoms with Crippen molar-refractivity contribution in [1.82, 2.24) is 25.4 Å². The highest BCUT2D eigenvalue weighted by Crippen LogP contribution is 2.23. The molecule has 1 aromatic carbocycles. The molecule has 0 aliphatic rings. The molecular weight excluding hydrogens is 346 g/mol. The molecule has 27 heavy (non-hydrogen) atoms. The average molecular weight is 367 g/mol. The second-order valence-corrected chi connectivity index (χ2v) is 5.86. The molecule has 2 heterocycles. The van der Waals surface area contributed by atoms with Crippen molar-refractivity contribution in [2.45, 2.75) is 19.9 Å². The highest BCUT2D eigenvalue weighted by atomic mass is 16.3. The van der Waals surface area contributed by atoms with Crippen LogP contribution in [-0.2, 0) is 13.0 Å². The SMILES string of the molecule is CCn1cnnc1CCNC(=O)c1cccc(-c2ccc(C(=O)NC)o2)c1. The summed E-state index contributed by atoms with van der Waals surface area (Å²) in [7, 11) is 1.54. The van der Waals surface area contributed by atoms with Gasteiger partial charge < -0.3 is 19.6 Å². The molecule has 3 aromatic rings. The zero-order valence-electron chi connectivity index (χ0n) is 15.2. The Bertz CT molecular complexity index is 944. The zero-order chi connectivity index (χ0) is 19.2. The van der Waals surface area contributed by atoms with Crippen molar-refractivity contribution in [2.24, 2.45) is 0 Å². The number of amides is 2. The third kappa shape index (κ3) is 4.22. The molecule has 0 aliphatic carbocycles. The first kappa shape index (κ1) is 18.4. The molecule has 2 aromatic heterocycles. The summed E-state index contributed by atoms with van der Waals surface area (Å²) >= 11 is 0. The monoisotopic (exact) mass is 367 g/mol. The quantitative estimate of drug-likeness (QED) is 0.664. The second-order valence-electron chi connectivity index (χ2n) is 5.86. The highest BCUT2D eigenvalue weighted by Gasteiger charge is 2.13. The molecule has 8 nitrogen and oxygen atoms in total. The molecule has 0 unspecified atom stereocenters. The fourth-order valence-electron chi connectivity index (χ4n) is 2.68. The van der Waals surface area contributed by atoms with E-state index in [2.05, 4.69) is 20.8 Å². The maximum atomic E-state index is 12.4. The molecule has 140 valence electrons. The molecule has 0 spiro atoms. The van der Waals surface area contributed by atoms with Crippen LogP contribution < -0.4 is 10.6 Å². The van der Waals surface area contributed by atoms with Crippen LogP contribution in [0.1, 0.15) is 33.7 Å². The van der Waals surface area contributed by atoms with E-state index >= 15 is 0 Å². The van der Waals surface area contributed by atoms with E-state index in [0.717, 1.165) is 17.9 Å². The van der Waals surface area contributed by atoms with E-state index in [1.54, 1.807) is 43.7 Å². The fraction of sp³-hybridized carbons (Fsp3) is 0.263. The molecular formula is C19H21N5O3. The van der Waals surface area contributed by atoms with Crippen molar-refractivity contribution in [2.75, 3.05) is 13.6 Å². The first-order valence-electron chi connectivity index (χ1n) is 8.69. The van der Waals surface area contributed by atoms with Crippen LogP contribution in [0.2, 0.25) is 0 Å². The predicted octanol–water partition coefficient (Wildman–Crippen LogP) is 1.89. The first-order chi connectivity index (χ1) is 13.1. The Morgan fingerprint density at radius 3 is 2.81 bits per heavy atom. The number of benzene rings is 1. The Labute approximate surface area is 156 Å². The number of aromatic nitrogens is 3. The van der Waals surface area contributed by atoms with Crippen LogP contribution in [-0.4, -0.2) is 40.2 Å². The Morgan fingerprint density at radius 2 is 2.04 bits per heavy atom. The molecule has 0 radical (unpaired) electrons. The Morgan fingerprint density at radius 1 is 1.19 bits per heavy atom. The second kappa shape index (κ2) is 8.31. The van der Waals surface area contributed by atoms with E-state index in [0.29, 0.717) is 24.3 Å². The summed E-state index contributed by atoms with van der Waals surface area (Å²) in [5.74, 6) is 1.11. The van der Waals surface area contributed by atoms with Gasteiger partial charge in [-0.1, -0.05) is 12.1 Å². The molecule has 0 fully saturated rings. The lowest BCUT2D eigenvalue weighted by molar-refractivity contribution is 0.0933. The molecule has 0 saturated carbocycles. The van der Waals surface area contributed by atoms with Crippen LogP contribution in [0.5, 0.6) is 0 Å². The summed E-state index contributed by atoms with van der Waals surface area (Å²) in [6, 6.07) is 10.4. The van der Waals surface area contributed by atoms with Gasteiger partial charge in [-0.2, -0.15) is 0 Å². The maximum Gasteiger partial charge on any atom is 0.286 e. The number of hydrogen-bond donors (Lipinski definition) is 2. The average Bonchev–Trinajstić information content (AvgIpc) is 3.37. The third-order valence-electron chi connectivity index (χ3n) is 4.14. The van der Waals surface area contributed by atoms with Gasteiger partial charge in [-0.05, 0) is 31.2 Å². The van der Waals surface area contributed by atoms with Crippen molar-refractivity contribution >= 4 is 11.8 Å². The van der Waals surface area contributed by atoms with E-state index in [-0.39, 0.29) is 17.6 Å². The molecule has 0 atom stereocenters. The number of rotatable bonds is 7. The Balaban J connectivity index is 1.65. The smallest absolute Gasteiger partial charge is 0.286 e. The molecule has 2 N–H and O–H groups in total. The lowest BCUT2D eigenvalue weighted by Gasteiger charge is -2.07. The van der Waals surface area contributed by atoms with Crippen LogP contribution in [0.25, 0.3) is 11.3 Å². The van der Waals surface area contributed by atoms with Crippen molar-refractivity contribution in [1.29, 1.82) is 0 Å². The summed E-state index contributed by atoms with van der Waals surface area (Å²) in [6.07, 6.45) is 2.28. The first-order valence-corrected chi connectivity index (χ1v) is 8.69. The van der Waals surface area contributed by atoms with Crippen LogP contribution in [0, 0.1) is 0 Å². The van der Waals surface area contributed by atoms with Crippen molar-refractivity contribution < 1.29 is 14.0 Å². The summed E-state index contributed by atoms with van der Waals surface area (Å²) in [5.41, 5.74) is 1.24. The van der Waals surface area contributed by atoms with E-state index in [1.165, 1.54) is 0 Å². The van der Waals surface area contributed by atoms with Crippen LogP contribution in [0.4, 0.5) is 0 Å². The molecule has 0 saturated heterocycles. The number of carbonyl (C=O) groups excluding carboxylic acids is 2. The number of nitrogens with zero attached hydrogens (tertiary/aromatic N) is 3. The molecule has 2 amide bonds. The lowest BCUT2D eigenvalue weighted by atomic mass is 10.1. The predicted molar refractivity (Wildman–Crippen MR) is 99.3 cm³/mol. The normalized spacial score (nSPS) is 10.6. The van der Waals surface area contributed by atoms with E-state index in [1.807, 2.05) is 17.6 Å². The minimum atomic E-state index is -0.296. The minimum Gasteiger partial charge on any atom is -0.451 e. The molecule has 0 aliphatic heterocycles. The summed E-state index contributed by atoms with van der Waals surface area (Å²) in [6.45, 7) is 3.27. The zero-order valence-corrected chi connectivity index (χ0v) is 15.2. The van der Waals surface area contributed by atoms with Crippen molar-refractivity contribution in [3.63, 3.8) is 0 Å². The van der Waals surface area contributed by atoms with Crippen LogP contribution in [0.15, 0.2) is 47.1 Å². The van der Waals surface area contributed by atoms with Gasteiger partial charge in [0.15, 0.2) is 5.76 Å². The number of nitrogens with one attached hydrogen (secondary N) is 2. The Kier molecular flexibility index (Phi) is 5.65. The van der Waals surface area contributed by atoms with E-state index in [4.69, 9.17) is 4.42 Å². The lowest BCUT2D eigenvalue weighted by Crippen LogP contribution is -2.26. The number of hydrogen-bond acceptors (Lipinski definition) is 5. The van der Waals surface area contributed by atoms with Crippen molar-refractivity contribution in [3.8, 4) is 11.3 Å². The van der Waals surface area contributed by atoms with Gasteiger partial charge in [0.1, 0.15) is 17.9 Å². The fourth-order valence-corrected chi connectivity index (χ4v) is 2.68. The number of carbonyl (C=O) groups is 2. The summed E-state index contributed by atoms with van der Waals surface area (Å²) < 4.78 is 7.49. The van der Waals surface area contributed by atoms with Crippen molar-refractivity contribution in [3.05, 3.63) is 59.9 Å². The van der Waals surface area contributed by atoms with E-state index < -0.39 is 0 Å². The molecule has 8 heteroatoms. The van der Waals surface area contributed by atoms with Gasteiger partial charge in [0, 0.05) is 37.7 Å². The number of aryl methyl sites for hydroxylation is 1. The summed E-state index contributed by atoms with van der Waals surface area (Å²) in [4.78, 5) is 24.0. The molecule has 3 rings (SSSR count). The third-order valence-corrected chi connectivity index (χ3v) is 4.14. The van der Waals surface area contributed by atoms with Gasteiger partial charge >= 0.3 is 0 Å². The number of furan rings is 1. The van der Waals surface area contributed by atoms with Gasteiger partial charge in [0.25, 0.3) is 11.8 Å². The van der Waals surface area contributed by atoms with Gasteiger partial charge in [-0.15, -0.1) is 10.2 Å². The topological polar surface area (TPSA) is 102 Å². The standard InChI is InChI=1S/C19H21N5O3/c1-3-24-12-22-23-17(24)9-10-21-18(25)14-6-4-5-13(11-14)15-7-8-16(27-15)19(26)20-2/h4-8,11-12H,3,9-10H2,1-2H3,(H,20,26)(H,21,25). The minimum absolute atomic E-state index is 0.183. The van der Waals surface area contributed by atoms with Gasteiger partial charge in [-0.3, -0.25) is 9.59 Å².